The first kappa shape index (κ1) is 16.3. The Hall–Kier alpha value is -2.04. The van der Waals surface area contributed by atoms with Crippen LogP contribution in [-0.4, -0.2) is 47.0 Å². The molecule has 1 heterocycles. The van der Waals surface area contributed by atoms with Crippen LogP contribution in [0, 0.1) is 6.92 Å². The zero-order valence-electron chi connectivity index (χ0n) is 13.8. The third-order valence-electron chi connectivity index (χ3n) is 3.46. The highest BCUT2D eigenvalue weighted by atomic mass is 16.6. The monoisotopic (exact) mass is 304 g/mol. The minimum absolute atomic E-state index is 0.0438. The van der Waals surface area contributed by atoms with Gasteiger partial charge in [0.05, 0.1) is 0 Å². The van der Waals surface area contributed by atoms with Crippen molar-refractivity contribution in [2.75, 3.05) is 19.6 Å². The number of carbonyl (C=O) groups is 2. The largest absolute Gasteiger partial charge is 0.444 e. The maximum Gasteiger partial charge on any atom is 0.410 e. The van der Waals surface area contributed by atoms with Crippen LogP contribution < -0.4 is 0 Å². The Morgan fingerprint density at radius 2 is 1.82 bits per heavy atom. The molecule has 2 amide bonds. The van der Waals surface area contributed by atoms with Crippen LogP contribution in [0.15, 0.2) is 24.3 Å². The van der Waals surface area contributed by atoms with E-state index in [4.69, 9.17) is 4.74 Å². The Balaban J connectivity index is 1.91. The Bertz CT molecular complexity index is 546. The summed E-state index contributed by atoms with van der Waals surface area (Å²) in [6.45, 7) is 9.20. The predicted molar refractivity (Wildman–Crippen MR) is 84.4 cm³/mol. The van der Waals surface area contributed by atoms with E-state index in [2.05, 4.69) is 0 Å². The number of ether oxygens (including phenoxy) is 1. The molecule has 1 aliphatic heterocycles. The molecular formula is C17H24N2O3. The number of aryl methyl sites for hydroxylation is 1. The fourth-order valence-electron chi connectivity index (χ4n) is 2.27. The minimum Gasteiger partial charge on any atom is -0.444 e. The van der Waals surface area contributed by atoms with Crippen molar-refractivity contribution in [3.05, 3.63) is 35.4 Å². The van der Waals surface area contributed by atoms with Gasteiger partial charge in [-0.2, -0.15) is 0 Å². The van der Waals surface area contributed by atoms with Crippen molar-refractivity contribution in [3.63, 3.8) is 0 Å². The van der Waals surface area contributed by atoms with Gasteiger partial charge in [0.15, 0.2) is 0 Å². The number of amides is 2. The molecule has 0 N–H and O–H groups in total. The molecule has 2 rings (SSSR count). The van der Waals surface area contributed by atoms with Gasteiger partial charge in [-0.25, -0.2) is 4.79 Å². The minimum atomic E-state index is -0.542. The molecule has 0 aromatic heterocycles. The van der Waals surface area contributed by atoms with E-state index in [9.17, 15) is 9.59 Å². The molecule has 0 atom stereocenters. The van der Waals surface area contributed by atoms with Gasteiger partial charge in [0.25, 0.3) is 0 Å². The summed E-state index contributed by atoms with van der Waals surface area (Å²) >= 11 is 0. The molecule has 5 nitrogen and oxygen atoms in total. The predicted octanol–water partition coefficient (Wildman–Crippen LogP) is 2.57. The van der Waals surface area contributed by atoms with Crippen molar-refractivity contribution < 1.29 is 14.3 Å². The van der Waals surface area contributed by atoms with Gasteiger partial charge in [-0.1, -0.05) is 29.8 Å². The lowest BCUT2D eigenvalue weighted by molar-refractivity contribution is -0.136. The lowest BCUT2D eigenvalue weighted by Gasteiger charge is -2.35. The lowest BCUT2D eigenvalue weighted by Crippen LogP contribution is -2.52. The number of rotatable bonds is 2. The van der Waals surface area contributed by atoms with E-state index in [1.807, 2.05) is 52.0 Å². The molecule has 1 aromatic carbocycles. The van der Waals surface area contributed by atoms with Crippen molar-refractivity contribution in [1.82, 2.24) is 9.80 Å². The van der Waals surface area contributed by atoms with Crippen molar-refractivity contribution in [2.24, 2.45) is 0 Å². The van der Waals surface area contributed by atoms with E-state index in [1.165, 1.54) is 10.5 Å². The second-order valence-corrected chi connectivity index (χ2v) is 6.70. The molecule has 5 heteroatoms. The molecular weight excluding hydrogens is 280 g/mol. The van der Waals surface area contributed by atoms with E-state index in [-0.39, 0.29) is 12.5 Å². The number of hydrogen-bond donors (Lipinski definition) is 0. The molecule has 0 saturated carbocycles. The molecule has 0 spiro atoms. The summed E-state index contributed by atoms with van der Waals surface area (Å²) in [4.78, 5) is 27.5. The normalized spacial score (nSPS) is 15.9. The quantitative estimate of drug-likeness (QED) is 0.844. The Morgan fingerprint density at radius 3 is 2.36 bits per heavy atom. The average molecular weight is 304 g/mol. The molecule has 0 aliphatic carbocycles. The molecule has 0 unspecified atom stereocenters. The molecule has 1 aliphatic rings. The van der Waals surface area contributed by atoms with Gasteiger partial charge in [0.2, 0.25) is 5.91 Å². The number of nitrogens with zero attached hydrogens (tertiary/aromatic N) is 2. The van der Waals surface area contributed by atoms with Crippen LogP contribution in [0.25, 0.3) is 0 Å². The number of carbonyl (C=O) groups excluding carboxylic acids is 2. The van der Waals surface area contributed by atoms with Crippen molar-refractivity contribution in [1.29, 1.82) is 0 Å². The highest BCUT2D eigenvalue weighted by Crippen LogP contribution is 2.14. The number of hydrogen-bond acceptors (Lipinski definition) is 3. The first-order valence-corrected chi connectivity index (χ1v) is 7.56. The molecule has 120 valence electrons. The molecule has 1 fully saturated rings. The van der Waals surface area contributed by atoms with Crippen molar-refractivity contribution in [3.8, 4) is 0 Å². The molecule has 22 heavy (non-hydrogen) atoms. The summed E-state index contributed by atoms with van der Waals surface area (Å²) in [7, 11) is 0. The van der Waals surface area contributed by atoms with Gasteiger partial charge < -0.3 is 9.64 Å². The van der Waals surface area contributed by atoms with Gasteiger partial charge in [-0.15, -0.1) is 0 Å². The van der Waals surface area contributed by atoms with Gasteiger partial charge >= 0.3 is 6.09 Å². The summed E-state index contributed by atoms with van der Waals surface area (Å²) < 4.78 is 5.31. The fraction of sp³-hybridized carbons (Fsp3) is 0.529. The fourth-order valence-corrected chi connectivity index (χ4v) is 2.27. The average Bonchev–Trinajstić information content (AvgIpc) is 2.41. The van der Waals surface area contributed by atoms with Crippen LogP contribution >= 0.6 is 0 Å². The zero-order valence-corrected chi connectivity index (χ0v) is 13.8. The van der Waals surface area contributed by atoms with Crippen LogP contribution in [-0.2, 0) is 16.1 Å². The second kappa shape index (κ2) is 6.38. The second-order valence-electron chi connectivity index (χ2n) is 6.70. The topological polar surface area (TPSA) is 49.9 Å². The SMILES string of the molecule is Cc1ccc(CN2CCN(C(=O)OC(C)(C)C)CC2=O)cc1. The number of piperazine rings is 1. The molecule has 0 radical (unpaired) electrons. The summed E-state index contributed by atoms with van der Waals surface area (Å²) in [6, 6.07) is 8.14. The third-order valence-corrected chi connectivity index (χ3v) is 3.46. The van der Waals surface area contributed by atoms with E-state index in [0.29, 0.717) is 19.6 Å². The first-order chi connectivity index (χ1) is 10.2. The van der Waals surface area contributed by atoms with Gasteiger partial charge in [0.1, 0.15) is 12.1 Å². The Kier molecular flexibility index (Phi) is 4.74. The highest BCUT2D eigenvalue weighted by molar-refractivity contribution is 5.83. The summed E-state index contributed by atoms with van der Waals surface area (Å²) in [5.74, 6) is -0.0438. The number of benzene rings is 1. The standard InChI is InChI=1S/C17H24N2O3/c1-13-5-7-14(8-6-13)11-18-9-10-19(12-15(18)20)16(21)22-17(2,3)4/h5-8H,9-12H2,1-4H3. The van der Waals surface area contributed by atoms with Crippen LogP contribution in [0.2, 0.25) is 0 Å². The van der Waals surface area contributed by atoms with Gasteiger partial charge in [-0.3, -0.25) is 9.69 Å². The summed E-state index contributed by atoms with van der Waals surface area (Å²) in [5.41, 5.74) is 1.76. The highest BCUT2D eigenvalue weighted by Gasteiger charge is 2.30. The summed E-state index contributed by atoms with van der Waals surface area (Å²) in [5, 5.41) is 0. The van der Waals surface area contributed by atoms with E-state index < -0.39 is 11.7 Å². The van der Waals surface area contributed by atoms with Gasteiger partial charge in [-0.05, 0) is 33.3 Å². The van der Waals surface area contributed by atoms with Crippen LogP contribution in [0.4, 0.5) is 4.79 Å². The maximum absolute atomic E-state index is 12.2. The molecule has 0 bridgehead atoms. The zero-order chi connectivity index (χ0) is 16.3. The third kappa shape index (κ3) is 4.48. The molecule has 1 saturated heterocycles. The van der Waals surface area contributed by atoms with Crippen molar-refractivity contribution >= 4 is 12.0 Å². The molecule has 1 aromatic rings. The summed E-state index contributed by atoms with van der Waals surface area (Å²) in [6.07, 6.45) is -0.421. The van der Waals surface area contributed by atoms with Gasteiger partial charge in [0, 0.05) is 19.6 Å². The smallest absolute Gasteiger partial charge is 0.410 e. The lowest BCUT2D eigenvalue weighted by atomic mass is 10.1. The van der Waals surface area contributed by atoms with E-state index >= 15 is 0 Å². The maximum atomic E-state index is 12.2. The van der Waals surface area contributed by atoms with Crippen molar-refractivity contribution in [2.45, 2.75) is 39.8 Å². The Labute approximate surface area is 131 Å². The first-order valence-electron chi connectivity index (χ1n) is 7.56. The van der Waals surface area contributed by atoms with E-state index in [1.54, 1.807) is 4.90 Å². The van der Waals surface area contributed by atoms with Crippen LogP contribution in [0.1, 0.15) is 31.9 Å². The Morgan fingerprint density at radius 1 is 1.18 bits per heavy atom. The van der Waals surface area contributed by atoms with Crippen LogP contribution in [0.5, 0.6) is 0 Å². The van der Waals surface area contributed by atoms with Crippen LogP contribution in [0.3, 0.4) is 0 Å². The van der Waals surface area contributed by atoms with E-state index in [0.717, 1.165) is 5.56 Å².